The lowest BCUT2D eigenvalue weighted by Gasteiger charge is -2.21. The third kappa shape index (κ3) is 3.81. The first-order valence-corrected chi connectivity index (χ1v) is 6.28. The van der Waals surface area contributed by atoms with Gasteiger partial charge in [0.25, 0.3) is 0 Å². The molecule has 0 bridgehead atoms. The minimum Gasteiger partial charge on any atom is -0.469 e. The minimum atomic E-state index is -0.362. The molecule has 1 aromatic rings. The van der Waals surface area contributed by atoms with Crippen LogP contribution in [-0.2, 0) is 14.3 Å². The first-order valence-electron chi connectivity index (χ1n) is 6.28. The molecule has 0 N–H and O–H groups in total. The molecular formula is C15H21NO3. The number of esters is 1. The monoisotopic (exact) mass is 263 g/mol. The van der Waals surface area contributed by atoms with Crippen molar-refractivity contribution in [3.05, 3.63) is 28.8 Å². The van der Waals surface area contributed by atoms with Crippen LogP contribution in [0.25, 0.3) is 0 Å². The van der Waals surface area contributed by atoms with E-state index in [1.807, 2.05) is 26.8 Å². The van der Waals surface area contributed by atoms with Crippen LogP contribution in [0.5, 0.6) is 0 Å². The van der Waals surface area contributed by atoms with E-state index in [1.54, 1.807) is 11.9 Å². The van der Waals surface area contributed by atoms with Gasteiger partial charge in [-0.05, 0) is 43.5 Å². The number of hydrogen-bond donors (Lipinski definition) is 0. The van der Waals surface area contributed by atoms with E-state index >= 15 is 0 Å². The van der Waals surface area contributed by atoms with Crippen molar-refractivity contribution in [3.63, 3.8) is 0 Å². The average molecular weight is 263 g/mol. The average Bonchev–Trinajstić information content (AvgIpc) is 2.38. The van der Waals surface area contributed by atoms with Crippen molar-refractivity contribution < 1.29 is 14.3 Å². The quantitative estimate of drug-likeness (QED) is 0.784. The Morgan fingerprint density at radius 2 is 1.63 bits per heavy atom. The van der Waals surface area contributed by atoms with Gasteiger partial charge in [0.2, 0.25) is 5.91 Å². The Labute approximate surface area is 114 Å². The Balaban J connectivity index is 2.82. The standard InChI is InChI=1S/C15H21NO3/c1-10-8-12(3)13(9-11(10)2)16(4)14(17)6-7-15(18)19-5/h8-9H,6-7H2,1-5H3. The molecule has 0 saturated heterocycles. The minimum absolute atomic E-state index is 0.0863. The Morgan fingerprint density at radius 3 is 2.21 bits per heavy atom. The molecule has 104 valence electrons. The first-order chi connectivity index (χ1) is 8.86. The number of carbonyl (C=O) groups excluding carboxylic acids is 2. The summed E-state index contributed by atoms with van der Waals surface area (Å²) in [5.41, 5.74) is 4.29. The summed E-state index contributed by atoms with van der Waals surface area (Å²) in [4.78, 5) is 24.7. The van der Waals surface area contributed by atoms with Crippen LogP contribution in [0.15, 0.2) is 12.1 Å². The summed E-state index contributed by atoms with van der Waals surface area (Å²) < 4.78 is 4.53. The number of anilines is 1. The van der Waals surface area contributed by atoms with E-state index in [4.69, 9.17) is 0 Å². The summed E-state index contributed by atoms with van der Waals surface area (Å²) >= 11 is 0. The molecule has 0 unspecified atom stereocenters. The number of rotatable bonds is 4. The zero-order valence-electron chi connectivity index (χ0n) is 12.2. The summed E-state index contributed by atoms with van der Waals surface area (Å²) in [7, 11) is 3.06. The highest BCUT2D eigenvalue weighted by Gasteiger charge is 2.15. The Kier molecular flexibility index (Phi) is 5.10. The van der Waals surface area contributed by atoms with Crippen molar-refractivity contribution in [3.8, 4) is 0 Å². The van der Waals surface area contributed by atoms with Crippen molar-refractivity contribution in [2.75, 3.05) is 19.1 Å². The smallest absolute Gasteiger partial charge is 0.306 e. The molecule has 0 atom stereocenters. The Bertz CT molecular complexity index is 494. The molecule has 0 heterocycles. The molecule has 0 aromatic heterocycles. The van der Waals surface area contributed by atoms with Gasteiger partial charge in [0.15, 0.2) is 0 Å². The largest absolute Gasteiger partial charge is 0.469 e. The Hall–Kier alpha value is -1.84. The number of carbonyl (C=O) groups is 2. The number of amides is 1. The fourth-order valence-corrected chi connectivity index (χ4v) is 1.92. The molecule has 1 aromatic carbocycles. The molecule has 0 aliphatic rings. The van der Waals surface area contributed by atoms with Crippen molar-refractivity contribution >= 4 is 17.6 Å². The molecule has 0 aliphatic heterocycles. The van der Waals surface area contributed by atoms with E-state index < -0.39 is 0 Å². The maximum atomic E-state index is 12.0. The van der Waals surface area contributed by atoms with E-state index in [0.717, 1.165) is 16.8 Å². The number of nitrogens with zero attached hydrogens (tertiary/aromatic N) is 1. The van der Waals surface area contributed by atoms with Gasteiger partial charge in [-0.1, -0.05) is 6.07 Å². The fourth-order valence-electron chi connectivity index (χ4n) is 1.92. The number of aryl methyl sites for hydroxylation is 3. The maximum Gasteiger partial charge on any atom is 0.306 e. The van der Waals surface area contributed by atoms with Gasteiger partial charge < -0.3 is 9.64 Å². The van der Waals surface area contributed by atoms with Crippen molar-refractivity contribution in [1.29, 1.82) is 0 Å². The van der Waals surface area contributed by atoms with E-state index in [9.17, 15) is 9.59 Å². The van der Waals surface area contributed by atoms with Crippen molar-refractivity contribution in [2.45, 2.75) is 33.6 Å². The third-order valence-corrected chi connectivity index (χ3v) is 3.32. The summed E-state index contributed by atoms with van der Waals surface area (Å²) in [5, 5.41) is 0. The lowest BCUT2D eigenvalue weighted by atomic mass is 10.0. The number of ether oxygens (including phenoxy) is 1. The second kappa shape index (κ2) is 6.36. The predicted octanol–water partition coefficient (Wildman–Crippen LogP) is 2.53. The van der Waals surface area contributed by atoms with Gasteiger partial charge in [0, 0.05) is 19.2 Å². The second-order valence-electron chi connectivity index (χ2n) is 4.75. The van der Waals surface area contributed by atoms with Gasteiger partial charge in [-0.2, -0.15) is 0 Å². The molecule has 1 amide bonds. The molecule has 0 aliphatic carbocycles. The van der Waals surface area contributed by atoms with Crippen LogP contribution in [0.2, 0.25) is 0 Å². The Morgan fingerprint density at radius 1 is 1.05 bits per heavy atom. The van der Waals surface area contributed by atoms with Gasteiger partial charge >= 0.3 is 5.97 Å². The number of methoxy groups -OCH3 is 1. The fraction of sp³-hybridized carbons (Fsp3) is 0.467. The van der Waals surface area contributed by atoms with Crippen LogP contribution >= 0.6 is 0 Å². The summed E-state index contributed by atoms with van der Waals surface area (Å²) in [6.45, 7) is 6.04. The molecule has 1 rings (SSSR count). The zero-order valence-corrected chi connectivity index (χ0v) is 12.2. The summed E-state index contributed by atoms with van der Waals surface area (Å²) in [6.07, 6.45) is 0.277. The van der Waals surface area contributed by atoms with Crippen LogP contribution in [0.1, 0.15) is 29.5 Å². The van der Waals surface area contributed by atoms with Crippen molar-refractivity contribution in [2.24, 2.45) is 0 Å². The van der Waals surface area contributed by atoms with Gasteiger partial charge in [-0.15, -0.1) is 0 Å². The van der Waals surface area contributed by atoms with Gasteiger partial charge in [-0.3, -0.25) is 9.59 Å². The highest BCUT2D eigenvalue weighted by molar-refractivity contribution is 5.95. The SMILES string of the molecule is COC(=O)CCC(=O)N(C)c1cc(C)c(C)cc1C. The van der Waals surface area contributed by atoms with Gasteiger partial charge in [0.05, 0.1) is 13.5 Å². The molecular weight excluding hydrogens is 242 g/mol. The van der Waals surface area contributed by atoms with Gasteiger partial charge in [-0.25, -0.2) is 0 Å². The lowest BCUT2D eigenvalue weighted by Crippen LogP contribution is -2.27. The summed E-state index contributed by atoms with van der Waals surface area (Å²) in [6, 6.07) is 4.06. The molecule has 0 fully saturated rings. The highest BCUT2D eigenvalue weighted by Crippen LogP contribution is 2.23. The molecule has 0 radical (unpaired) electrons. The first kappa shape index (κ1) is 15.2. The number of hydrogen-bond acceptors (Lipinski definition) is 3. The highest BCUT2D eigenvalue weighted by atomic mass is 16.5. The topological polar surface area (TPSA) is 46.6 Å². The maximum absolute atomic E-state index is 12.0. The van der Waals surface area contributed by atoms with Crippen LogP contribution in [0.3, 0.4) is 0 Å². The molecule has 4 nitrogen and oxygen atoms in total. The predicted molar refractivity (Wildman–Crippen MR) is 75.3 cm³/mol. The molecule has 0 spiro atoms. The van der Waals surface area contributed by atoms with E-state index in [-0.39, 0.29) is 24.7 Å². The third-order valence-electron chi connectivity index (χ3n) is 3.32. The van der Waals surface area contributed by atoms with Crippen LogP contribution in [0, 0.1) is 20.8 Å². The molecule has 19 heavy (non-hydrogen) atoms. The normalized spacial score (nSPS) is 10.2. The molecule has 0 saturated carbocycles. The second-order valence-corrected chi connectivity index (χ2v) is 4.75. The van der Waals surface area contributed by atoms with E-state index in [0.29, 0.717) is 0 Å². The van der Waals surface area contributed by atoms with Gasteiger partial charge in [0.1, 0.15) is 0 Å². The molecule has 4 heteroatoms. The van der Waals surface area contributed by atoms with Crippen LogP contribution in [0.4, 0.5) is 5.69 Å². The van der Waals surface area contributed by atoms with E-state index in [2.05, 4.69) is 10.8 Å². The lowest BCUT2D eigenvalue weighted by molar-refractivity contribution is -0.141. The van der Waals surface area contributed by atoms with Crippen LogP contribution in [-0.4, -0.2) is 26.0 Å². The van der Waals surface area contributed by atoms with Crippen molar-refractivity contribution in [1.82, 2.24) is 0 Å². The number of benzene rings is 1. The zero-order chi connectivity index (χ0) is 14.6. The van der Waals surface area contributed by atoms with E-state index in [1.165, 1.54) is 12.7 Å². The summed E-state index contributed by atoms with van der Waals surface area (Å²) in [5.74, 6) is -0.449. The van der Waals surface area contributed by atoms with Crippen LogP contribution < -0.4 is 4.90 Å².